The first-order valence-corrected chi connectivity index (χ1v) is 9.87. The monoisotopic (exact) mass is 405 g/mol. The van der Waals surface area contributed by atoms with Gasteiger partial charge in [-0.15, -0.1) is 0 Å². The van der Waals surface area contributed by atoms with Gasteiger partial charge in [0.25, 0.3) is 0 Å². The van der Waals surface area contributed by atoms with Crippen LogP contribution in [0.4, 0.5) is 0 Å². The number of para-hydroxylation sites is 2. The Morgan fingerprint density at radius 1 is 0.909 bits per heavy atom. The third kappa shape index (κ3) is 2.05. The van der Waals surface area contributed by atoms with Crippen LogP contribution in [0, 0.1) is 0 Å². The molecule has 0 saturated heterocycles. The number of fused-ring (bicyclic) bond motifs is 3. The Balaban J connectivity index is 2.27. The molecule has 0 saturated carbocycles. The number of aromatic nitrogens is 1. The molecule has 0 bridgehead atoms. The van der Waals surface area contributed by atoms with E-state index in [9.17, 15) is 5.11 Å². The third-order valence-electron chi connectivity index (χ3n) is 4.08. The van der Waals surface area contributed by atoms with Crippen molar-refractivity contribution in [2.45, 2.75) is 19.4 Å². The van der Waals surface area contributed by atoms with Crippen LogP contribution in [-0.2, 0) is 5.60 Å². The van der Waals surface area contributed by atoms with E-state index in [0.717, 1.165) is 11.1 Å². The van der Waals surface area contributed by atoms with Crippen LogP contribution >= 0.6 is 0 Å². The maximum atomic E-state index is 10.6. The van der Waals surface area contributed by atoms with Gasteiger partial charge >= 0.3 is 139 Å². The average Bonchev–Trinajstić information content (AvgIpc) is 3.10. The van der Waals surface area contributed by atoms with E-state index < -0.39 is 5.60 Å². The second-order valence-corrected chi connectivity index (χ2v) is 8.71. The zero-order chi connectivity index (χ0) is 15.3. The molecule has 2 aromatic carbocycles. The van der Waals surface area contributed by atoms with Gasteiger partial charge in [-0.1, -0.05) is 0 Å². The van der Waals surface area contributed by atoms with Gasteiger partial charge in [0, 0.05) is 0 Å². The molecule has 2 aromatic heterocycles. The number of hydrogen-bond donors (Lipinski definition) is 1. The molecular formula is C19H17NOTe. The summed E-state index contributed by atoms with van der Waals surface area (Å²) in [5.74, 6) is 0. The van der Waals surface area contributed by atoms with Gasteiger partial charge in [-0.25, -0.2) is 0 Å². The molecule has 0 aliphatic heterocycles. The molecule has 1 N–H and O–H groups in total. The van der Waals surface area contributed by atoms with Crippen molar-refractivity contribution >= 4 is 42.2 Å². The van der Waals surface area contributed by atoms with Crippen LogP contribution in [-0.4, -0.2) is 30.1 Å². The van der Waals surface area contributed by atoms with Crippen LogP contribution in [0.1, 0.15) is 19.4 Å². The third-order valence-corrected chi connectivity index (χ3v) is 6.52. The summed E-state index contributed by atoms with van der Waals surface area (Å²) in [6.45, 7) is 3.73. The Kier molecular flexibility index (Phi) is 3.20. The normalized spacial score (nSPS) is 12.3. The Labute approximate surface area is 139 Å². The quantitative estimate of drug-likeness (QED) is 0.502. The summed E-state index contributed by atoms with van der Waals surface area (Å²) in [5, 5.41) is 13.1. The fourth-order valence-electron chi connectivity index (χ4n) is 3.14. The van der Waals surface area contributed by atoms with Gasteiger partial charge < -0.3 is 0 Å². The number of rotatable bonds is 2. The maximum absolute atomic E-state index is 10.6. The Bertz CT molecular complexity index is 958. The van der Waals surface area contributed by atoms with Crippen LogP contribution in [0.3, 0.4) is 0 Å². The van der Waals surface area contributed by atoms with E-state index in [1.54, 1.807) is 0 Å². The van der Waals surface area contributed by atoms with Crippen LogP contribution in [0.5, 0.6) is 0 Å². The standard InChI is InChI=1S/C19H17NOTe/c1-19(2,21)15-9-5-8-14-13-7-3-4-10-16(13)20(18(14)15)17-11-6-12-22-17/h3-12,21H,1-2H3. The van der Waals surface area contributed by atoms with E-state index in [4.69, 9.17) is 0 Å². The van der Waals surface area contributed by atoms with E-state index in [1.165, 1.54) is 20.0 Å². The summed E-state index contributed by atoms with van der Waals surface area (Å²) in [6.07, 6.45) is 0. The Morgan fingerprint density at radius 2 is 1.68 bits per heavy atom. The molecule has 0 fully saturated rings. The van der Waals surface area contributed by atoms with Crippen LogP contribution in [0.2, 0.25) is 0 Å². The number of benzene rings is 2. The molecule has 0 unspecified atom stereocenters. The van der Waals surface area contributed by atoms with Crippen molar-refractivity contribution < 1.29 is 5.11 Å². The molecule has 2 nitrogen and oxygen atoms in total. The van der Waals surface area contributed by atoms with Crippen molar-refractivity contribution in [3.63, 3.8) is 0 Å². The summed E-state index contributed by atoms with van der Waals surface area (Å²) >= 11 is -0.302. The summed E-state index contributed by atoms with van der Waals surface area (Å²) < 4.78 is 6.04. The fraction of sp³-hybridized carbons (Fsp3) is 0.158. The van der Waals surface area contributed by atoms with Crippen LogP contribution < -0.4 is 0 Å². The fourth-order valence-corrected chi connectivity index (χ4v) is 5.28. The summed E-state index contributed by atoms with van der Waals surface area (Å²) in [6, 6.07) is 19.1. The van der Waals surface area contributed by atoms with E-state index in [2.05, 4.69) is 51.1 Å². The molecule has 0 aliphatic rings. The van der Waals surface area contributed by atoms with Crippen LogP contribution in [0.25, 0.3) is 25.5 Å². The van der Waals surface area contributed by atoms with E-state index in [0.29, 0.717) is 0 Å². The molecule has 110 valence electrons. The van der Waals surface area contributed by atoms with Crippen molar-refractivity contribution in [3.8, 4) is 3.70 Å². The molecular weight excluding hydrogens is 386 g/mol. The molecule has 22 heavy (non-hydrogen) atoms. The van der Waals surface area contributed by atoms with Crippen molar-refractivity contribution in [1.82, 2.24) is 4.57 Å². The molecule has 0 radical (unpaired) electrons. The predicted octanol–water partition coefficient (Wildman–Crippen LogP) is 4.07. The van der Waals surface area contributed by atoms with E-state index in [1.807, 2.05) is 26.0 Å². The zero-order valence-electron chi connectivity index (χ0n) is 12.6. The van der Waals surface area contributed by atoms with Crippen molar-refractivity contribution in [1.29, 1.82) is 0 Å². The van der Waals surface area contributed by atoms with Crippen molar-refractivity contribution in [3.05, 3.63) is 64.2 Å². The van der Waals surface area contributed by atoms with Crippen LogP contribution in [0.15, 0.2) is 58.7 Å². The van der Waals surface area contributed by atoms with Gasteiger partial charge in [0.2, 0.25) is 0 Å². The second-order valence-electron chi connectivity index (χ2n) is 6.06. The van der Waals surface area contributed by atoms with Gasteiger partial charge in [0.1, 0.15) is 0 Å². The van der Waals surface area contributed by atoms with E-state index in [-0.39, 0.29) is 20.4 Å². The Hall–Kier alpha value is -1.53. The SMILES string of the molecule is CC(C)(O)c1cccc2c3ccccc3n(-c3ccc[te]3)c12. The molecule has 3 heteroatoms. The first kappa shape index (κ1) is 14.1. The summed E-state index contributed by atoms with van der Waals surface area (Å²) in [5.41, 5.74) is 2.51. The summed E-state index contributed by atoms with van der Waals surface area (Å²) in [4.78, 5) is 0. The first-order chi connectivity index (χ1) is 10.6. The van der Waals surface area contributed by atoms with Gasteiger partial charge in [-0.3, -0.25) is 0 Å². The van der Waals surface area contributed by atoms with Gasteiger partial charge in [-0.2, -0.15) is 0 Å². The van der Waals surface area contributed by atoms with Crippen molar-refractivity contribution in [2.75, 3.05) is 0 Å². The summed E-state index contributed by atoms with van der Waals surface area (Å²) in [7, 11) is 0. The molecule has 0 aliphatic carbocycles. The van der Waals surface area contributed by atoms with Gasteiger partial charge in [0.05, 0.1) is 0 Å². The minimum absolute atomic E-state index is 0.302. The average molecular weight is 403 g/mol. The molecule has 4 rings (SSSR count). The molecule has 0 amide bonds. The second kappa shape index (κ2) is 4.99. The molecule has 4 aromatic rings. The molecule has 0 spiro atoms. The Morgan fingerprint density at radius 3 is 2.41 bits per heavy atom. The first-order valence-electron chi connectivity index (χ1n) is 7.36. The van der Waals surface area contributed by atoms with E-state index >= 15 is 0 Å². The number of aliphatic hydroxyl groups is 1. The number of nitrogens with zero attached hydrogens (tertiary/aromatic N) is 1. The minimum atomic E-state index is -0.862. The van der Waals surface area contributed by atoms with Crippen molar-refractivity contribution in [2.24, 2.45) is 0 Å². The molecule has 2 heterocycles. The van der Waals surface area contributed by atoms with Gasteiger partial charge in [-0.05, 0) is 0 Å². The van der Waals surface area contributed by atoms with Gasteiger partial charge in [0.15, 0.2) is 0 Å². The number of hydrogen-bond acceptors (Lipinski definition) is 1. The zero-order valence-corrected chi connectivity index (χ0v) is 14.9. The molecule has 0 atom stereocenters. The predicted molar refractivity (Wildman–Crippen MR) is 93.0 cm³/mol. The topological polar surface area (TPSA) is 25.2 Å².